The van der Waals surface area contributed by atoms with Crippen molar-refractivity contribution >= 4 is 0 Å². The van der Waals surface area contributed by atoms with E-state index in [0.717, 1.165) is 11.1 Å². The first kappa shape index (κ1) is 15.4. The molecule has 0 amide bonds. The number of hydrogen-bond donors (Lipinski definition) is 1. The zero-order valence-electron chi connectivity index (χ0n) is 12.4. The van der Waals surface area contributed by atoms with Crippen molar-refractivity contribution in [3.63, 3.8) is 0 Å². The van der Waals surface area contributed by atoms with Gasteiger partial charge in [-0.1, -0.05) is 18.2 Å². The summed E-state index contributed by atoms with van der Waals surface area (Å²) in [6, 6.07) is 9.82. The van der Waals surface area contributed by atoms with E-state index in [9.17, 15) is 8.78 Å². The van der Waals surface area contributed by atoms with Gasteiger partial charge in [-0.25, -0.2) is 8.78 Å². The third-order valence-corrected chi connectivity index (χ3v) is 3.57. The quantitative estimate of drug-likeness (QED) is 0.894. The van der Waals surface area contributed by atoms with Crippen LogP contribution in [0, 0.1) is 18.6 Å². The third kappa shape index (κ3) is 3.58. The highest BCUT2D eigenvalue weighted by Crippen LogP contribution is 2.24. The molecule has 2 aromatic carbocycles. The van der Waals surface area contributed by atoms with Gasteiger partial charge in [0.15, 0.2) is 0 Å². The molecule has 0 saturated carbocycles. The molecule has 0 saturated heterocycles. The molecule has 0 heterocycles. The molecule has 0 aliphatic heterocycles. The van der Waals surface area contributed by atoms with E-state index < -0.39 is 11.6 Å². The van der Waals surface area contributed by atoms with E-state index in [1.807, 2.05) is 32.2 Å². The van der Waals surface area contributed by atoms with Crippen LogP contribution in [0.2, 0.25) is 0 Å². The Morgan fingerprint density at radius 1 is 1.14 bits per heavy atom. The van der Waals surface area contributed by atoms with Gasteiger partial charge in [0, 0.05) is 6.04 Å². The molecule has 1 atom stereocenters. The molecule has 0 aliphatic carbocycles. The molecule has 21 heavy (non-hydrogen) atoms. The van der Waals surface area contributed by atoms with Gasteiger partial charge in [0.2, 0.25) is 0 Å². The molecule has 0 radical (unpaired) electrons. The molecular formula is C17H19F2NO. The summed E-state index contributed by atoms with van der Waals surface area (Å²) in [6.45, 7) is 3.85. The number of ether oxygens (including phenoxy) is 1. The van der Waals surface area contributed by atoms with Gasteiger partial charge < -0.3 is 10.1 Å². The lowest BCUT2D eigenvalue weighted by atomic mass is 10.1. The molecule has 2 nitrogen and oxygen atoms in total. The van der Waals surface area contributed by atoms with Gasteiger partial charge in [-0.2, -0.15) is 0 Å². The van der Waals surface area contributed by atoms with Crippen LogP contribution in [0.4, 0.5) is 8.78 Å². The van der Waals surface area contributed by atoms with E-state index in [-0.39, 0.29) is 18.2 Å². The summed E-state index contributed by atoms with van der Waals surface area (Å²) in [5, 5.41) is 3.16. The summed E-state index contributed by atoms with van der Waals surface area (Å²) in [5.41, 5.74) is 2.02. The first-order chi connectivity index (χ1) is 10.0. The molecule has 112 valence electrons. The van der Waals surface area contributed by atoms with Crippen LogP contribution in [0.25, 0.3) is 0 Å². The standard InChI is InChI=1S/C17H19F2NO/c1-11-9-13(12(2)20-3)7-8-17(11)21-10-14-15(18)5-4-6-16(14)19/h4-9,12,20H,10H2,1-3H3. The number of nitrogens with one attached hydrogen (secondary N) is 1. The number of halogens is 2. The van der Waals surface area contributed by atoms with Gasteiger partial charge in [0.1, 0.15) is 24.0 Å². The Morgan fingerprint density at radius 3 is 2.38 bits per heavy atom. The Balaban J connectivity index is 2.14. The minimum Gasteiger partial charge on any atom is -0.488 e. The van der Waals surface area contributed by atoms with Crippen LogP contribution in [0.3, 0.4) is 0 Å². The first-order valence-corrected chi connectivity index (χ1v) is 6.86. The highest BCUT2D eigenvalue weighted by atomic mass is 19.1. The van der Waals surface area contributed by atoms with Gasteiger partial charge in [0.25, 0.3) is 0 Å². The van der Waals surface area contributed by atoms with Crippen molar-refractivity contribution in [2.45, 2.75) is 26.5 Å². The Morgan fingerprint density at radius 2 is 1.81 bits per heavy atom. The highest BCUT2D eigenvalue weighted by Gasteiger charge is 2.11. The highest BCUT2D eigenvalue weighted by molar-refractivity contribution is 5.37. The summed E-state index contributed by atoms with van der Waals surface area (Å²) in [5.74, 6) is -0.550. The van der Waals surface area contributed by atoms with Gasteiger partial charge in [-0.05, 0) is 50.2 Å². The van der Waals surface area contributed by atoms with E-state index in [4.69, 9.17) is 4.74 Å². The predicted molar refractivity (Wildman–Crippen MR) is 79.3 cm³/mol. The van der Waals surface area contributed by atoms with Gasteiger partial charge in [0.05, 0.1) is 5.56 Å². The second-order valence-electron chi connectivity index (χ2n) is 5.02. The lowest BCUT2D eigenvalue weighted by Crippen LogP contribution is -2.12. The van der Waals surface area contributed by atoms with Crippen molar-refractivity contribution in [1.29, 1.82) is 0 Å². The van der Waals surface area contributed by atoms with Crippen LogP contribution >= 0.6 is 0 Å². The Hall–Kier alpha value is -1.94. The fraction of sp³-hybridized carbons (Fsp3) is 0.294. The lowest BCUT2D eigenvalue weighted by molar-refractivity contribution is 0.290. The number of aryl methyl sites for hydroxylation is 1. The maximum Gasteiger partial charge on any atom is 0.132 e. The Kier molecular flexibility index (Phi) is 4.91. The molecule has 2 aromatic rings. The molecular weight excluding hydrogens is 272 g/mol. The molecule has 1 N–H and O–H groups in total. The van der Waals surface area contributed by atoms with Crippen LogP contribution in [0.15, 0.2) is 36.4 Å². The normalized spacial score (nSPS) is 12.2. The van der Waals surface area contributed by atoms with E-state index >= 15 is 0 Å². The van der Waals surface area contributed by atoms with Crippen molar-refractivity contribution in [2.75, 3.05) is 7.05 Å². The van der Waals surface area contributed by atoms with Crippen molar-refractivity contribution in [1.82, 2.24) is 5.32 Å². The van der Waals surface area contributed by atoms with E-state index in [1.54, 1.807) is 0 Å². The minimum atomic E-state index is -0.590. The summed E-state index contributed by atoms with van der Waals surface area (Å²) in [4.78, 5) is 0. The molecule has 0 aromatic heterocycles. The van der Waals surface area contributed by atoms with Crippen LogP contribution in [0.5, 0.6) is 5.75 Å². The van der Waals surface area contributed by atoms with Crippen molar-refractivity contribution < 1.29 is 13.5 Å². The summed E-state index contributed by atoms with van der Waals surface area (Å²) in [7, 11) is 1.89. The molecule has 0 aliphatic rings. The largest absolute Gasteiger partial charge is 0.488 e. The zero-order chi connectivity index (χ0) is 15.4. The average molecular weight is 291 g/mol. The van der Waals surface area contributed by atoms with Crippen molar-refractivity contribution in [3.05, 3.63) is 64.7 Å². The monoisotopic (exact) mass is 291 g/mol. The Bertz CT molecular complexity index is 608. The predicted octanol–water partition coefficient (Wildman–Crippen LogP) is 4.13. The zero-order valence-corrected chi connectivity index (χ0v) is 12.4. The average Bonchev–Trinajstić information content (AvgIpc) is 2.47. The number of benzene rings is 2. The fourth-order valence-electron chi connectivity index (χ4n) is 2.09. The summed E-state index contributed by atoms with van der Waals surface area (Å²) >= 11 is 0. The van der Waals surface area contributed by atoms with Crippen LogP contribution in [-0.4, -0.2) is 7.05 Å². The van der Waals surface area contributed by atoms with E-state index in [1.165, 1.54) is 18.2 Å². The third-order valence-electron chi connectivity index (χ3n) is 3.57. The van der Waals surface area contributed by atoms with Gasteiger partial charge in [-0.3, -0.25) is 0 Å². The first-order valence-electron chi connectivity index (χ1n) is 6.86. The molecule has 4 heteroatoms. The summed E-state index contributed by atoms with van der Waals surface area (Å²) < 4.78 is 32.6. The minimum absolute atomic E-state index is 0.0513. The van der Waals surface area contributed by atoms with Gasteiger partial charge in [-0.15, -0.1) is 0 Å². The van der Waals surface area contributed by atoms with Crippen LogP contribution in [-0.2, 0) is 6.61 Å². The number of rotatable bonds is 5. The Labute approximate surface area is 123 Å². The SMILES string of the molecule is CNC(C)c1ccc(OCc2c(F)cccc2F)c(C)c1. The lowest BCUT2D eigenvalue weighted by Gasteiger charge is -2.15. The van der Waals surface area contributed by atoms with E-state index in [0.29, 0.717) is 5.75 Å². The fourth-order valence-corrected chi connectivity index (χ4v) is 2.09. The second-order valence-corrected chi connectivity index (χ2v) is 5.02. The molecule has 2 rings (SSSR count). The van der Waals surface area contributed by atoms with E-state index in [2.05, 4.69) is 12.2 Å². The van der Waals surface area contributed by atoms with Crippen LogP contribution in [0.1, 0.15) is 29.7 Å². The smallest absolute Gasteiger partial charge is 0.132 e. The maximum atomic E-state index is 13.5. The van der Waals surface area contributed by atoms with Gasteiger partial charge >= 0.3 is 0 Å². The van der Waals surface area contributed by atoms with Crippen molar-refractivity contribution in [2.24, 2.45) is 0 Å². The number of hydrogen-bond acceptors (Lipinski definition) is 2. The molecule has 0 bridgehead atoms. The molecule has 0 fully saturated rings. The summed E-state index contributed by atoms with van der Waals surface area (Å²) in [6.07, 6.45) is 0. The second kappa shape index (κ2) is 6.68. The molecule has 1 unspecified atom stereocenters. The topological polar surface area (TPSA) is 21.3 Å². The van der Waals surface area contributed by atoms with Crippen LogP contribution < -0.4 is 10.1 Å². The maximum absolute atomic E-state index is 13.5. The molecule has 0 spiro atoms. The van der Waals surface area contributed by atoms with Crippen molar-refractivity contribution in [3.8, 4) is 5.75 Å².